The van der Waals surface area contributed by atoms with E-state index in [1.807, 2.05) is 42.5 Å². The first-order valence-electron chi connectivity index (χ1n) is 7.11. The van der Waals surface area contributed by atoms with Gasteiger partial charge in [0.05, 0.1) is 16.0 Å². The van der Waals surface area contributed by atoms with E-state index in [2.05, 4.69) is 26.2 Å². The third-order valence-electron chi connectivity index (χ3n) is 3.18. The Morgan fingerprint density at radius 3 is 2.67 bits per heavy atom. The number of anilines is 1. The number of aromatic nitrogens is 1. The lowest BCUT2D eigenvalue weighted by Gasteiger charge is -1.99. The Kier molecular flexibility index (Phi) is 5.33. The molecule has 0 aliphatic rings. The number of thioether (sulfide) groups is 1. The minimum atomic E-state index is -0.103. The number of carbonyl (C=O) groups excluding carboxylic acids is 2. The normalized spacial score (nSPS) is 10.8. The fourth-order valence-corrected chi connectivity index (χ4v) is 4.36. The molecule has 1 amide bonds. The van der Waals surface area contributed by atoms with Gasteiger partial charge in [-0.3, -0.25) is 9.59 Å². The van der Waals surface area contributed by atoms with Crippen LogP contribution in [0.25, 0.3) is 10.2 Å². The average Bonchev–Trinajstić information content (AvgIpc) is 2.95. The minimum Gasteiger partial charge on any atom is -0.326 e. The molecule has 0 fully saturated rings. The summed E-state index contributed by atoms with van der Waals surface area (Å²) in [6.07, 6.45) is 0. The van der Waals surface area contributed by atoms with Crippen LogP contribution in [0, 0.1) is 0 Å². The highest BCUT2D eigenvalue weighted by molar-refractivity contribution is 9.10. The second-order valence-electron chi connectivity index (χ2n) is 5.06. The van der Waals surface area contributed by atoms with Crippen molar-refractivity contribution in [3.05, 3.63) is 52.5 Å². The van der Waals surface area contributed by atoms with Crippen molar-refractivity contribution >= 4 is 66.6 Å². The van der Waals surface area contributed by atoms with Crippen LogP contribution >= 0.6 is 39.0 Å². The molecule has 1 N–H and O–H groups in total. The summed E-state index contributed by atoms with van der Waals surface area (Å²) in [7, 11) is 0. The van der Waals surface area contributed by atoms with Gasteiger partial charge in [0, 0.05) is 22.6 Å². The molecule has 7 heteroatoms. The zero-order valence-electron chi connectivity index (χ0n) is 12.7. The van der Waals surface area contributed by atoms with Crippen LogP contribution in [-0.2, 0) is 4.79 Å². The van der Waals surface area contributed by atoms with Crippen molar-refractivity contribution in [2.24, 2.45) is 0 Å². The Hall–Kier alpha value is -1.70. The predicted octanol–water partition coefficient (Wildman–Crippen LogP) is 4.99. The molecule has 3 rings (SSSR count). The van der Waals surface area contributed by atoms with Gasteiger partial charge in [-0.15, -0.1) is 11.3 Å². The molecule has 24 heavy (non-hydrogen) atoms. The van der Waals surface area contributed by atoms with Gasteiger partial charge in [0.1, 0.15) is 0 Å². The molecule has 122 valence electrons. The Morgan fingerprint density at radius 1 is 1.21 bits per heavy atom. The number of nitrogens with zero attached hydrogens (tertiary/aromatic N) is 1. The molecule has 4 nitrogen and oxygen atoms in total. The summed E-state index contributed by atoms with van der Waals surface area (Å²) < 4.78 is 2.78. The number of Topliss-reactive ketones (excluding diaryl/α,β-unsaturated/α-hetero) is 1. The van der Waals surface area contributed by atoms with Gasteiger partial charge in [-0.25, -0.2) is 4.98 Å². The lowest BCUT2D eigenvalue weighted by atomic mass is 10.2. The first-order chi connectivity index (χ1) is 11.5. The maximum absolute atomic E-state index is 12.2. The molecule has 0 radical (unpaired) electrons. The second kappa shape index (κ2) is 7.46. The molecular weight excluding hydrogens is 408 g/mol. The molecule has 1 heterocycles. The maximum atomic E-state index is 12.2. The van der Waals surface area contributed by atoms with Crippen molar-refractivity contribution in [3.63, 3.8) is 0 Å². The van der Waals surface area contributed by atoms with Gasteiger partial charge in [-0.2, -0.15) is 0 Å². The molecule has 1 aromatic heterocycles. The van der Waals surface area contributed by atoms with E-state index in [-0.39, 0.29) is 11.7 Å². The van der Waals surface area contributed by atoms with Crippen LogP contribution in [0.15, 0.2) is 51.3 Å². The first kappa shape index (κ1) is 17.1. The predicted molar refractivity (Wildman–Crippen MR) is 103 cm³/mol. The zero-order valence-corrected chi connectivity index (χ0v) is 15.9. The van der Waals surface area contributed by atoms with Gasteiger partial charge >= 0.3 is 0 Å². The lowest BCUT2D eigenvalue weighted by Crippen LogP contribution is -2.05. The number of nitrogens with one attached hydrogen (secondary N) is 1. The van der Waals surface area contributed by atoms with Crippen molar-refractivity contribution in [1.29, 1.82) is 0 Å². The molecular formula is C17H13BrN2O2S2. The van der Waals surface area contributed by atoms with Crippen LogP contribution < -0.4 is 5.32 Å². The number of halogens is 1. The molecule has 2 aromatic carbocycles. The third kappa shape index (κ3) is 4.23. The second-order valence-corrected chi connectivity index (χ2v) is 8.23. The van der Waals surface area contributed by atoms with E-state index in [4.69, 9.17) is 0 Å². The van der Waals surface area contributed by atoms with Gasteiger partial charge in [0.2, 0.25) is 5.91 Å². The summed E-state index contributed by atoms with van der Waals surface area (Å²) in [5.41, 5.74) is 2.31. The summed E-state index contributed by atoms with van der Waals surface area (Å²) in [5.74, 6) is 0.319. The topological polar surface area (TPSA) is 59.1 Å². The van der Waals surface area contributed by atoms with E-state index >= 15 is 0 Å². The Bertz CT molecular complexity index is 907. The largest absolute Gasteiger partial charge is 0.326 e. The van der Waals surface area contributed by atoms with Crippen LogP contribution in [-0.4, -0.2) is 22.4 Å². The number of rotatable bonds is 5. The number of ketones is 1. The Morgan fingerprint density at radius 2 is 1.96 bits per heavy atom. The van der Waals surface area contributed by atoms with Crippen LogP contribution in [0.2, 0.25) is 0 Å². The highest BCUT2D eigenvalue weighted by atomic mass is 79.9. The van der Waals surface area contributed by atoms with Gasteiger partial charge in [-0.05, 0) is 30.3 Å². The highest BCUT2D eigenvalue weighted by Gasteiger charge is 2.10. The fourth-order valence-electron chi connectivity index (χ4n) is 2.09. The molecule has 0 spiro atoms. The molecule has 0 aliphatic carbocycles. The van der Waals surface area contributed by atoms with Crippen LogP contribution in [0.4, 0.5) is 5.69 Å². The van der Waals surface area contributed by atoms with Gasteiger partial charge in [-0.1, -0.05) is 39.8 Å². The number of fused-ring (bicyclic) bond motifs is 1. The summed E-state index contributed by atoms with van der Waals surface area (Å²) >= 11 is 6.31. The molecule has 0 aliphatic heterocycles. The maximum Gasteiger partial charge on any atom is 0.221 e. The third-order valence-corrected chi connectivity index (χ3v) is 5.87. The van der Waals surface area contributed by atoms with Gasteiger partial charge in [0.15, 0.2) is 10.1 Å². The number of thiazole rings is 1. The zero-order chi connectivity index (χ0) is 17.1. The molecule has 3 aromatic rings. The number of hydrogen-bond acceptors (Lipinski definition) is 5. The van der Waals surface area contributed by atoms with Crippen LogP contribution in [0.3, 0.4) is 0 Å². The SMILES string of the molecule is CC(=O)Nc1ccc2nc(SCC(=O)c3ccc(Br)cc3)sc2c1. The molecule has 0 unspecified atom stereocenters. The highest BCUT2D eigenvalue weighted by Crippen LogP contribution is 2.31. The summed E-state index contributed by atoms with van der Waals surface area (Å²) in [5, 5.41) is 2.76. The van der Waals surface area contributed by atoms with Crippen LogP contribution in [0.5, 0.6) is 0 Å². The van der Waals surface area contributed by atoms with E-state index in [0.29, 0.717) is 11.3 Å². The summed E-state index contributed by atoms with van der Waals surface area (Å²) in [6.45, 7) is 1.48. The van der Waals surface area contributed by atoms with Gasteiger partial charge in [0.25, 0.3) is 0 Å². The van der Waals surface area contributed by atoms with E-state index < -0.39 is 0 Å². The standard InChI is InChI=1S/C17H13BrN2O2S2/c1-10(21)19-13-6-7-14-16(8-13)24-17(20-14)23-9-15(22)11-2-4-12(18)5-3-11/h2-8H,9H2,1H3,(H,19,21). The van der Waals surface area contributed by atoms with E-state index in [1.165, 1.54) is 30.0 Å². The monoisotopic (exact) mass is 420 g/mol. The fraction of sp³-hybridized carbons (Fsp3) is 0.118. The van der Waals surface area contributed by atoms with Crippen molar-refractivity contribution in [2.45, 2.75) is 11.3 Å². The Balaban J connectivity index is 1.69. The Labute approximate surface area is 155 Å². The lowest BCUT2D eigenvalue weighted by molar-refractivity contribution is -0.114. The summed E-state index contributed by atoms with van der Waals surface area (Å²) in [6, 6.07) is 12.9. The van der Waals surface area contributed by atoms with E-state index in [1.54, 1.807) is 0 Å². The quantitative estimate of drug-likeness (QED) is 0.466. The van der Waals surface area contributed by atoms with Crippen molar-refractivity contribution in [3.8, 4) is 0 Å². The van der Waals surface area contributed by atoms with Crippen molar-refractivity contribution in [1.82, 2.24) is 4.98 Å². The summed E-state index contributed by atoms with van der Waals surface area (Å²) in [4.78, 5) is 27.9. The molecule has 0 saturated heterocycles. The number of carbonyl (C=O) groups is 2. The number of amides is 1. The minimum absolute atomic E-state index is 0.0747. The molecule has 0 atom stereocenters. The smallest absolute Gasteiger partial charge is 0.221 e. The van der Waals surface area contributed by atoms with E-state index in [0.717, 1.165) is 24.7 Å². The van der Waals surface area contributed by atoms with Crippen LogP contribution in [0.1, 0.15) is 17.3 Å². The van der Waals surface area contributed by atoms with Crippen molar-refractivity contribution < 1.29 is 9.59 Å². The van der Waals surface area contributed by atoms with Gasteiger partial charge < -0.3 is 5.32 Å². The molecule has 0 bridgehead atoms. The molecule has 0 saturated carbocycles. The average molecular weight is 421 g/mol. The number of benzene rings is 2. The van der Waals surface area contributed by atoms with Crippen molar-refractivity contribution in [2.75, 3.05) is 11.1 Å². The van der Waals surface area contributed by atoms with E-state index in [9.17, 15) is 9.59 Å². The number of hydrogen-bond donors (Lipinski definition) is 1. The first-order valence-corrected chi connectivity index (χ1v) is 9.70.